The first kappa shape index (κ1) is 15.3. The van der Waals surface area contributed by atoms with E-state index >= 15 is 0 Å². The van der Waals surface area contributed by atoms with E-state index in [0.29, 0.717) is 10.7 Å². The molecule has 0 radical (unpaired) electrons. The number of nitrogens with zero attached hydrogens (tertiary/aromatic N) is 2. The largest absolute Gasteiger partial charge is 0.368 e. The molecular formula is C15H14ClFN2O2. The summed E-state index contributed by atoms with van der Waals surface area (Å²) in [6, 6.07) is 10.8. The van der Waals surface area contributed by atoms with Gasteiger partial charge < -0.3 is 4.90 Å². The molecule has 0 amide bonds. The molecule has 0 bridgehead atoms. The van der Waals surface area contributed by atoms with Gasteiger partial charge in [-0.2, -0.15) is 0 Å². The van der Waals surface area contributed by atoms with E-state index in [1.54, 1.807) is 24.1 Å². The zero-order valence-electron chi connectivity index (χ0n) is 11.6. The van der Waals surface area contributed by atoms with Crippen LogP contribution < -0.4 is 4.90 Å². The molecule has 1 atom stereocenters. The summed E-state index contributed by atoms with van der Waals surface area (Å²) in [6.07, 6.45) is 0. The Morgan fingerprint density at radius 1 is 1.24 bits per heavy atom. The molecule has 110 valence electrons. The van der Waals surface area contributed by atoms with E-state index in [1.807, 2.05) is 19.1 Å². The zero-order chi connectivity index (χ0) is 15.6. The van der Waals surface area contributed by atoms with Crippen LogP contribution in [0.1, 0.15) is 18.5 Å². The van der Waals surface area contributed by atoms with Gasteiger partial charge in [0.15, 0.2) is 0 Å². The Morgan fingerprint density at radius 3 is 2.43 bits per heavy atom. The van der Waals surface area contributed by atoms with Gasteiger partial charge in [0.2, 0.25) is 0 Å². The molecule has 21 heavy (non-hydrogen) atoms. The van der Waals surface area contributed by atoms with Crippen LogP contribution in [-0.4, -0.2) is 12.0 Å². The van der Waals surface area contributed by atoms with Crippen LogP contribution in [0.25, 0.3) is 0 Å². The Labute approximate surface area is 126 Å². The molecule has 0 aliphatic rings. The summed E-state index contributed by atoms with van der Waals surface area (Å²) < 4.78 is 13.5. The number of benzene rings is 2. The Hall–Kier alpha value is -2.14. The highest BCUT2D eigenvalue weighted by Crippen LogP contribution is 2.29. The molecule has 0 N–H and O–H groups in total. The molecule has 0 spiro atoms. The lowest BCUT2D eigenvalue weighted by Gasteiger charge is -2.27. The molecule has 0 saturated carbocycles. The highest BCUT2D eigenvalue weighted by Gasteiger charge is 2.17. The highest BCUT2D eigenvalue weighted by molar-refractivity contribution is 6.30. The molecule has 0 aliphatic carbocycles. The summed E-state index contributed by atoms with van der Waals surface area (Å²) in [5.74, 6) is -0.630. The summed E-state index contributed by atoms with van der Waals surface area (Å²) in [7, 11) is 1.76. The molecule has 6 heteroatoms. The maximum Gasteiger partial charge on any atom is 0.274 e. The first-order valence-corrected chi connectivity index (χ1v) is 6.69. The first-order chi connectivity index (χ1) is 9.88. The molecule has 2 aromatic carbocycles. The van der Waals surface area contributed by atoms with E-state index in [4.69, 9.17) is 11.6 Å². The zero-order valence-corrected chi connectivity index (χ0v) is 12.3. The third-order valence-corrected chi connectivity index (χ3v) is 3.67. The molecular weight excluding hydrogens is 295 g/mol. The number of rotatable bonds is 4. The molecule has 4 nitrogen and oxygen atoms in total. The maximum absolute atomic E-state index is 13.5. The Bertz CT molecular complexity index is 661. The van der Waals surface area contributed by atoms with Crippen LogP contribution in [0.2, 0.25) is 5.02 Å². The number of anilines is 1. The number of halogens is 2. The van der Waals surface area contributed by atoms with Crippen molar-refractivity contribution in [3.63, 3.8) is 0 Å². The lowest BCUT2D eigenvalue weighted by atomic mass is 10.1. The van der Waals surface area contributed by atoms with E-state index in [1.165, 1.54) is 12.1 Å². The number of hydrogen-bond donors (Lipinski definition) is 0. The van der Waals surface area contributed by atoms with Crippen LogP contribution in [0.5, 0.6) is 0 Å². The van der Waals surface area contributed by atoms with Gasteiger partial charge in [-0.25, -0.2) is 4.39 Å². The van der Waals surface area contributed by atoms with Gasteiger partial charge in [0.25, 0.3) is 5.69 Å². The fourth-order valence-electron chi connectivity index (χ4n) is 2.06. The van der Waals surface area contributed by atoms with Gasteiger partial charge in [0, 0.05) is 23.8 Å². The van der Waals surface area contributed by atoms with Gasteiger partial charge in [-0.15, -0.1) is 0 Å². The summed E-state index contributed by atoms with van der Waals surface area (Å²) >= 11 is 5.85. The average Bonchev–Trinajstić information content (AvgIpc) is 2.45. The molecule has 0 fully saturated rings. The molecule has 0 heterocycles. The van der Waals surface area contributed by atoms with Gasteiger partial charge in [-0.1, -0.05) is 23.7 Å². The average molecular weight is 309 g/mol. The van der Waals surface area contributed by atoms with Crippen LogP contribution >= 0.6 is 11.6 Å². The minimum atomic E-state index is -0.630. The van der Waals surface area contributed by atoms with Crippen molar-refractivity contribution < 1.29 is 9.31 Å². The van der Waals surface area contributed by atoms with Crippen molar-refractivity contribution in [3.05, 3.63) is 69.0 Å². The third-order valence-electron chi connectivity index (χ3n) is 3.42. The maximum atomic E-state index is 13.5. The van der Waals surface area contributed by atoms with Crippen molar-refractivity contribution in [2.75, 3.05) is 11.9 Å². The molecule has 1 unspecified atom stereocenters. The standard InChI is InChI=1S/C15H14ClFN2O2/c1-10(11-3-5-12(16)6-4-11)18(2)14-7-13(17)8-15(9-14)19(20)21/h3-10H,1-2H3. The molecule has 2 aromatic rings. The number of nitro benzene ring substituents is 1. The second kappa shape index (κ2) is 6.10. The third kappa shape index (κ3) is 3.49. The van der Waals surface area contributed by atoms with Crippen LogP contribution in [-0.2, 0) is 0 Å². The van der Waals surface area contributed by atoms with Gasteiger partial charge in [0.05, 0.1) is 17.0 Å². The number of hydrogen-bond acceptors (Lipinski definition) is 3. The van der Waals surface area contributed by atoms with E-state index in [9.17, 15) is 14.5 Å². The fraction of sp³-hybridized carbons (Fsp3) is 0.200. The van der Waals surface area contributed by atoms with Crippen molar-refractivity contribution in [2.45, 2.75) is 13.0 Å². The predicted octanol–water partition coefficient (Wildman–Crippen LogP) is 4.58. The molecule has 0 saturated heterocycles. The minimum Gasteiger partial charge on any atom is -0.368 e. The quantitative estimate of drug-likeness (QED) is 0.613. The summed E-state index contributed by atoms with van der Waals surface area (Å²) in [5, 5.41) is 11.4. The minimum absolute atomic E-state index is 0.0799. The number of nitro groups is 1. The fourth-order valence-corrected chi connectivity index (χ4v) is 2.18. The normalized spacial score (nSPS) is 12.0. The topological polar surface area (TPSA) is 46.4 Å². The van der Waals surface area contributed by atoms with Crippen molar-refractivity contribution in [3.8, 4) is 0 Å². The Balaban J connectivity index is 2.32. The highest BCUT2D eigenvalue weighted by atomic mass is 35.5. The molecule has 2 rings (SSSR count). The van der Waals surface area contributed by atoms with Crippen molar-refractivity contribution in [2.24, 2.45) is 0 Å². The lowest BCUT2D eigenvalue weighted by molar-refractivity contribution is -0.385. The second-order valence-electron chi connectivity index (χ2n) is 4.76. The van der Waals surface area contributed by atoms with Crippen molar-refractivity contribution in [1.29, 1.82) is 0 Å². The van der Waals surface area contributed by atoms with Crippen molar-refractivity contribution in [1.82, 2.24) is 0 Å². The van der Waals surface area contributed by atoms with Gasteiger partial charge in [-0.05, 0) is 30.7 Å². The van der Waals surface area contributed by atoms with Gasteiger partial charge in [0.1, 0.15) is 5.82 Å². The SMILES string of the molecule is CC(c1ccc(Cl)cc1)N(C)c1cc(F)cc([N+](=O)[O-])c1. The lowest BCUT2D eigenvalue weighted by Crippen LogP contribution is -2.21. The van der Waals surface area contributed by atoms with Crippen molar-refractivity contribution >= 4 is 23.0 Å². The van der Waals surface area contributed by atoms with E-state index < -0.39 is 10.7 Å². The molecule has 0 aliphatic heterocycles. The Kier molecular flexibility index (Phi) is 4.43. The second-order valence-corrected chi connectivity index (χ2v) is 5.20. The smallest absolute Gasteiger partial charge is 0.274 e. The van der Waals surface area contributed by atoms with E-state index in [2.05, 4.69) is 0 Å². The predicted molar refractivity (Wildman–Crippen MR) is 81.3 cm³/mol. The van der Waals surface area contributed by atoms with Crippen LogP contribution in [0.3, 0.4) is 0 Å². The number of non-ortho nitro benzene ring substituents is 1. The monoisotopic (exact) mass is 308 g/mol. The summed E-state index contributed by atoms with van der Waals surface area (Å²) in [5.41, 5.74) is 1.16. The first-order valence-electron chi connectivity index (χ1n) is 6.32. The van der Waals surface area contributed by atoms with E-state index in [-0.39, 0.29) is 11.7 Å². The van der Waals surface area contributed by atoms with E-state index in [0.717, 1.165) is 11.6 Å². The van der Waals surface area contributed by atoms with Gasteiger partial charge in [-0.3, -0.25) is 10.1 Å². The summed E-state index contributed by atoms with van der Waals surface area (Å²) in [6.45, 7) is 1.93. The van der Waals surface area contributed by atoms with Crippen LogP contribution in [0.15, 0.2) is 42.5 Å². The molecule has 0 aromatic heterocycles. The van der Waals surface area contributed by atoms with Gasteiger partial charge >= 0.3 is 0 Å². The van der Waals surface area contributed by atoms with Crippen LogP contribution in [0.4, 0.5) is 15.8 Å². The summed E-state index contributed by atoms with van der Waals surface area (Å²) in [4.78, 5) is 12.0. The van der Waals surface area contributed by atoms with Crippen LogP contribution in [0, 0.1) is 15.9 Å². The Morgan fingerprint density at radius 2 is 1.86 bits per heavy atom.